The minimum absolute atomic E-state index is 0.133. The van der Waals surface area contributed by atoms with E-state index in [1.54, 1.807) is 4.57 Å². The first-order chi connectivity index (χ1) is 8.10. The summed E-state index contributed by atoms with van der Waals surface area (Å²) in [6.07, 6.45) is 0.662. The highest BCUT2D eigenvalue weighted by Crippen LogP contribution is 2.22. The third-order valence-electron chi connectivity index (χ3n) is 2.32. The smallest absolute Gasteiger partial charge is 0.255 e. The maximum absolute atomic E-state index is 11.8. The summed E-state index contributed by atoms with van der Waals surface area (Å²) < 4.78 is 2.33. The molecule has 2 heterocycles. The molecule has 0 saturated carbocycles. The molecule has 0 aliphatic heterocycles. The van der Waals surface area contributed by atoms with Gasteiger partial charge in [-0.1, -0.05) is 30.1 Å². The van der Waals surface area contributed by atoms with Crippen LogP contribution < -0.4 is 5.56 Å². The van der Waals surface area contributed by atoms with Crippen molar-refractivity contribution in [3.05, 3.63) is 48.7 Å². The molecule has 2 aromatic heterocycles. The monoisotopic (exact) mass is 288 g/mol. The van der Waals surface area contributed by atoms with E-state index >= 15 is 0 Å². The number of hydrogen-bond acceptors (Lipinski definition) is 3. The van der Waals surface area contributed by atoms with E-state index in [0.29, 0.717) is 23.1 Å². The standard InChI is InChI=1S/C11H10Cl2N2OS/c1-2-10-14-8(12)5-11(16)15(10)6-7-3-4-9(13)17-7/h3-5H,2,6H2,1H3. The highest BCUT2D eigenvalue weighted by Gasteiger charge is 2.08. The van der Waals surface area contributed by atoms with Crippen molar-refractivity contribution in [1.82, 2.24) is 9.55 Å². The van der Waals surface area contributed by atoms with Crippen molar-refractivity contribution in [3.8, 4) is 0 Å². The van der Waals surface area contributed by atoms with E-state index < -0.39 is 0 Å². The molecule has 0 saturated heterocycles. The van der Waals surface area contributed by atoms with Crippen molar-refractivity contribution >= 4 is 34.5 Å². The predicted molar refractivity (Wildman–Crippen MR) is 71.3 cm³/mol. The number of halogens is 2. The molecule has 0 atom stereocenters. The second-order valence-electron chi connectivity index (χ2n) is 3.48. The van der Waals surface area contributed by atoms with Crippen molar-refractivity contribution in [1.29, 1.82) is 0 Å². The van der Waals surface area contributed by atoms with Crippen LogP contribution in [0.1, 0.15) is 17.6 Å². The summed E-state index contributed by atoms with van der Waals surface area (Å²) in [5.74, 6) is 0.687. The van der Waals surface area contributed by atoms with E-state index in [0.717, 1.165) is 4.88 Å². The Bertz CT molecular complexity index is 591. The molecule has 0 amide bonds. The minimum atomic E-state index is -0.133. The molecule has 0 aliphatic carbocycles. The summed E-state index contributed by atoms with van der Waals surface area (Å²) in [7, 11) is 0. The molecule has 2 rings (SSSR count). The van der Waals surface area contributed by atoms with Gasteiger partial charge in [-0.3, -0.25) is 9.36 Å². The van der Waals surface area contributed by atoms with Gasteiger partial charge in [0, 0.05) is 17.4 Å². The Labute approximate surface area is 113 Å². The van der Waals surface area contributed by atoms with Gasteiger partial charge in [0.15, 0.2) is 0 Å². The van der Waals surface area contributed by atoms with Gasteiger partial charge >= 0.3 is 0 Å². The number of aromatic nitrogens is 2. The number of rotatable bonds is 3. The fraction of sp³-hybridized carbons (Fsp3) is 0.273. The van der Waals surface area contributed by atoms with Crippen LogP contribution in [0.2, 0.25) is 9.49 Å². The van der Waals surface area contributed by atoms with E-state index in [2.05, 4.69) is 4.98 Å². The second kappa shape index (κ2) is 5.21. The summed E-state index contributed by atoms with van der Waals surface area (Å²) in [5, 5.41) is 0.243. The zero-order valence-corrected chi connectivity index (χ0v) is 11.4. The Hall–Kier alpha value is -0.840. The summed E-state index contributed by atoms with van der Waals surface area (Å²) >= 11 is 13.1. The van der Waals surface area contributed by atoms with Gasteiger partial charge < -0.3 is 0 Å². The number of nitrogens with zero attached hydrogens (tertiary/aromatic N) is 2. The molecule has 90 valence electrons. The third-order valence-corrected chi connectivity index (χ3v) is 3.72. The third kappa shape index (κ3) is 2.89. The molecule has 3 nitrogen and oxygen atoms in total. The van der Waals surface area contributed by atoms with Crippen molar-refractivity contribution in [2.45, 2.75) is 19.9 Å². The maximum atomic E-state index is 11.8. The predicted octanol–water partition coefficient (Wildman–Crippen LogP) is 3.22. The number of aryl methyl sites for hydroxylation is 1. The largest absolute Gasteiger partial charge is 0.291 e. The van der Waals surface area contributed by atoms with E-state index in [9.17, 15) is 4.79 Å². The van der Waals surface area contributed by atoms with Crippen molar-refractivity contribution in [3.63, 3.8) is 0 Å². The molecular formula is C11H10Cl2N2OS. The summed E-state index contributed by atoms with van der Waals surface area (Å²) in [6, 6.07) is 5.06. The first-order valence-corrected chi connectivity index (χ1v) is 6.68. The van der Waals surface area contributed by atoms with Crippen molar-refractivity contribution in [2.24, 2.45) is 0 Å². The van der Waals surface area contributed by atoms with E-state index in [1.807, 2.05) is 19.1 Å². The Balaban J connectivity index is 2.41. The van der Waals surface area contributed by atoms with Gasteiger partial charge in [-0.2, -0.15) is 0 Å². The van der Waals surface area contributed by atoms with Gasteiger partial charge in [-0.15, -0.1) is 11.3 Å². The molecule has 0 radical (unpaired) electrons. The molecule has 0 fully saturated rings. The summed E-state index contributed by atoms with van der Waals surface area (Å²) in [6.45, 7) is 2.43. The van der Waals surface area contributed by atoms with Crippen LogP contribution >= 0.6 is 34.5 Å². The lowest BCUT2D eigenvalue weighted by Gasteiger charge is -2.09. The Morgan fingerprint density at radius 1 is 1.41 bits per heavy atom. The first-order valence-electron chi connectivity index (χ1n) is 5.10. The molecule has 0 unspecified atom stereocenters. The molecule has 0 spiro atoms. The Kier molecular flexibility index (Phi) is 3.86. The van der Waals surface area contributed by atoms with Gasteiger partial charge in [0.05, 0.1) is 10.9 Å². The highest BCUT2D eigenvalue weighted by atomic mass is 35.5. The van der Waals surface area contributed by atoms with E-state index in [1.165, 1.54) is 17.4 Å². The van der Waals surface area contributed by atoms with Gasteiger partial charge in [-0.05, 0) is 12.1 Å². The lowest BCUT2D eigenvalue weighted by Crippen LogP contribution is -2.24. The molecule has 6 heteroatoms. The molecule has 2 aromatic rings. The Morgan fingerprint density at radius 3 is 2.76 bits per heavy atom. The van der Waals surface area contributed by atoms with Crippen LogP contribution in [0, 0.1) is 0 Å². The van der Waals surface area contributed by atoms with Crippen LogP contribution in [-0.2, 0) is 13.0 Å². The quantitative estimate of drug-likeness (QED) is 0.813. The van der Waals surface area contributed by atoms with Crippen LogP contribution in [0.5, 0.6) is 0 Å². The second-order valence-corrected chi connectivity index (χ2v) is 5.67. The molecule has 0 aliphatic rings. The number of thiophene rings is 1. The van der Waals surface area contributed by atoms with Crippen LogP contribution in [0.25, 0.3) is 0 Å². The van der Waals surface area contributed by atoms with Gasteiger partial charge in [0.1, 0.15) is 11.0 Å². The normalized spacial score (nSPS) is 10.8. The fourth-order valence-corrected chi connectivity index (χ4v) is 2.82. The molecular weight excluding hydrogens is 279 g/mol. The topological polar surface area (TPSA) is 34.9 Å². The average molecular weight is 289 g/mol. The Morgan fingerprint density at radius 2 is 2.18 bits per heavy atom. The van der Waals surface area contributed by atoms with Gasteiger partial charge in [0.25, 0.3) is 5.56 Å². The van der Waals surface area contributed by atoms with Crippen molar-refractivity contribution < 1.29 is 0 Å². The molecule has 0 N–H and O–H groups in total. The van der Waals surface area contributed by atoms with E-state index in [4.69, 9.17) is 23.2 Å². The summed E-state index contributed by atoms with van der Waals surface area (Å²) in [5.41, 5.74) is -0.133. The fourth-order valence-electron chi connectivity index (χ4n) is 1.55. The average Bonchev–Trinajstić information content (AvgIpc) is 2.67. The maximum Gasteiger partial charge on any atom is 0.255 e. The van der Waals surface area contributed by atoms with Crippen LogP contribution in [0.15, 0.2) is 23.0 Å². The van der Waals surface area contributed by atoms with Gasteiger partial charge in [0.2, 0.25) is 0 Å². The van der Waals surface area contributed by atoms with Crippen molar-refractivity contribution in [2.75, 3.05) is 0 Å². The molecule has 0 aromatic carbocycles. The highest BCUT2D eigenvalue weighted by molar-refractivity contribution is 7.16. The molecule has 0 bridgehead atoms. The van der Waals surface area contributed by atoms with E-state index in [-0.39, 0.29) is 10.7 Å². The summed E-state index contributed by atoms with van der Waals surface area (Å²) in [4.78, 5) is 17.0. The zero-order chi connectivity index (χ0) is 12.4. The lowest BCUT2D eigenvalue weighted by atomic mass is 10.4. The van der Waals surface area contributed by atoms with Crippen LogP contribution in [-0.4, -0.2) is 9.55 Å². The SMILES string of the molecule is CCc1nc(Cl)cc(=O)n1Cc1ccc(Cl)s1. The molecule has 17 heavy (non-hydrogen) atoms. The van der Waals surface area contributed by atoms with Crippen LogP contribution in [0.3, 0.4) is 0 Å². The first kappa shape index (κ1) is 12.6. The number of hydrogen-bond donors (Lipinski definition) is 0. The van der Waals surface area contributed by atoms with Gasteiger partial charge in [-0.25, -0.2) is 4.98 Å². The lowest BCUT2D eigenvalue weighted by molar-refractivity contribution is 0.681. The zero-order valence-electron chi connectivity index (χ0n) is 9.11. The van der Waals surface area contributed by atoms with Crippen LogP contribution in [0.4, 0.5) is 0 Å². The minimum Gasteiger partial charge on any atom is -0.291 e.